The Labute approximate surface area is 95.1 Å². The minimum atomic E-state index is -2.67. The van der Waals surface area contributed by atoms with E-state index >= 15 is 0 Å². The molecule has 3 heteroatoms. The fourth-order valence-electron chi connectivity index (χ4n) is 1.52. The van der Waals surface area contributed by atoms with Crippen molar-refractivity contribution in [1.82, 2.24) is 0 Å². The molecule has 1 aromatic carbocycles. The zero-order chi connectivity index (χ0) is 12.4. The average molecular weight is 228 g/mol. The number of benzene rings is 1. The molecule has 0 heterocycles. The zero-order valence-corrected chi connectivity index (χ0v) is 9.93. The number of rotatable bonds is 4. The van der Waals surface area contributed by atoms with Crippen molar-refractivity contribution in [1.29, 1.82) is 0 Å². The molecule has 0 saturated carbocycles. The van der Waals surface area contributed by atoms with Crippen LogP contribution >= 0.6 is 0 Å². The summed E-state index contributed by atoms with van der Waals surface area (Å²) in [7, 11) is 0. The lowest BCUT2D eigenvalue weighted by atomic mass is 9.85. The third kappa shape index (κ3) is 3.56. The van der Waals surface area contributed by atoms with Gasteiger partial charge in [-0.25, -0.2) is 8.78 Å². The molecule has 1 rings (SSSR count). The maximum atomic E-state index is 12.8. The van der Waals surface area contributed by atoms with E-state index in [1.54, 1.807) is 24.3 Å². The smallest absolute Gasteiger partial charge is 0.249 e. The van der Waals surface area contributed by atoms with E-state index in [0.29, 0.717) is 5.56 Å². The Kier molecular flexibility index (Phi) is 3.68. The van der Waals surface area contributed by atoms with E-state index in [1.807, 2.05) is 13.8 Å². The first-order valence-corrected chi connectivity index (χ1v) is 5.33. The molecule has 0 unspecified atom stereocenters. The van der Waals surface area contributed by atoms with Gasteiger partial charge in [0.25, 0.3) is 0 Å². The highest BCUT2D eigenvalue weighted by molar-refractivity contribution is 5.28. The van der Waals surface area contributed by atoms with E-state index in [9.17, 15) is 13.9 Å². The largest absolute Gasteiger partial charge is 0.395 e. The summed E-state index contributed by atoms with van der Waals surface area (Å²) in [4.78, 5) is 0. The van der Waals surface area contributed by atoms with Crippen molar-refractivity contribution < 1.29 is 13.9 Å². The van der Waals surface area contributed by atoms with Crippen LogP contribution in [0.5, 0.6) is 0 Å². The topological polar surface area (TPSA) is 20.2 Å². The SMILES string of the molecule is CC(F)(F)Cc1ccc(C(C)(C)CO)cc1. The molecule has 0 spiro atoms. The lowest BCUT2D eigenvalue weighted by Gasteiger charge is -2.22. The molecule has 0 radical (unpaired) electrons. The summed E-state index contributed by atoms with van der Waals surface area (Å²) in [5.74, 6) is -2.67. The number of aliphatic hydroxyl groups is 1. The van der Waals surface area contributed by atoms with Crippen LogP contribution in [0.1, 0.15) is 31.9 Å². The van der Waals surface area contributed by atoms with Gasteiger partial charge in [-0.05, 0) is 18.1 Å². The van der Waals surface area contributed by atoms with E-state index in [-0.39, 0.29) is 18.4 Å². The van der Waals surface area contributed by atoms with Crippen LogP contribution in [-0.4, -0.2) is 17.6 Å². The Morgan fingerprint density at radius 2 is 1.56 bits per heavy atom. The minimum absolute atomic E-state index is 0.0380. The van der Waals surface area contributed by atoms with Crippen LogP contribution in [0.4, 0.5) is 8.78 Å². The number of hydrogen-bond acceptors (Lipinski definition) is 1. The lowest BCUT2D eigenvalue weighted by Crippen LogP contribution is -2.22. The van der Waals surface area contributed by atoms with E-state index in [1.165, 1.54) is 0 Å². The predicted octanol–water partition coefficient (Wildman–Crippen LogP) is 3.15. The highest BCUT2D eigenvalue weighted by atomic mass is 19.3. The molecule has 0 fully saturated rings. The van der Waals surface area contributed by atoms with Gasteiger partial charge >= 0.3 is 0 Å². The molecule has 0 atom stereocenters. The Balaban J connectivity index is 2.84. The summed E-state index contributed by atoms with van der Waals surface area (Å²) < 4.78 is 25.5. The van der Waals surface area contributed by atoms with Gasteiger partial charge in [-0.15, -0.1) is 0 Å². The molecule has 1 aromatic rings. The highest BCUT2D eigenvalue weighted by Gasteiger charge is 2.23. The van der Waals surface area contributed by atoms with Crippen molar-refractivity contribution in [3.8, 4) is 0 Å². The molecule has 0 bridgehead atoms. The van der Waals surface area contributed by atoms with Gasteiger partial charge in [0.1, 0.15) is 0 Å². The molecular formula is C13H18F2O. The summed E-state index contributed by atoms with van der Waals surface area (Å²) in [5.41, 5.74) is 1.25. The molecule has 1 N–H and O–H groups in total. The summed E-state index contributed by atoms with van der Waals surface area (Å²) in [6.45, 7) is 4.78. The fraction of sp³-hybridized carbons (Fsp3) is 0.538. The van der Waals surface area contributed by atoms with Crippen LogP contribution in [0.15, 0.2) is 24.3 Å². The van der Waals surface area contributed by atoms with Gasteiger partial charge in [-0.2, -0.15) is 0 Å². The molecular weight excluding hydrogens is 210 g/mol. The first-order chi connectivity index (χ1) is 7.24. The van der Waals surface area contributed by atoms with Crippen molar-refractivity contribution in [2.45, 2.75) is 38.5 Å². The third-order valence-electron chi connectivity index (χ3n) is 2.65. The van der Waals surface area contributed by atoms with Gasteiger partial charge in [0, 0.05) is 11.8 Å². The van der Waals surface area contributed by atoms with Crippen LogP contribution in [0.3, 0.4) is 0 Å². The fourth-order valence-corrected chi connectivity index (χ4v) is 1.52. The van der Waals surface area contributed by atoms with Crippen LogP contribution < -0.4 is 0 Å². The Bertz CT molecular complexity index is 336. The van der Waals surface area contributed by atoms with Gasteiger partial charge in [-0.1, -0.05) is 38.1 Å². The predicted molar refractivity (Wildman–Crippen MR) is 60.9 cm³/mol. The highest BCUT2D eigenvalue weighted by Crippen LogP contribution is 2.24. The minimum Gasteiger partial charge on any atom is -0.395 e. The second kappa shape index (κ2) is 4.50. The second-order valence-electron chi connectivity index (χ2n) is 4.99. The summed E-state index contributed by atoms with van der Waals surface area (Å²) in [6, 6.07) is 7.00. The first-order valence-electron chi connectivity index (χ1n) is 5.33. The van der Waals surface area contributed by atoms with E-state index < -0.39 is 5.92 Å². The quantitative estimate of drug-likeness (QED) is 0.839. The molecule has 0 amide bonds. The molecule has 0 aliphatic rings. The van der Waals surface area contributed by atoms with Crippen LogP contribution in [0.2, 0.25) is 0 Å². The standard InChI is InChI=1S/C13H18F2O/c1-12(2,9-16)11-6-4-10(5-7-11)8-13(3,14)15/h4-7,16H,8-9H2,1-3H3. The van der Waals surface area contributed by atoms with Crippen molar-refractivity contribution in [3.05, 3.63) is 35.4 Å². The molecule has 16 heavy (non-hydrogen) atoms. The molecule has 0 saturated heterocycles. The maximum absolute atomic E-state index is 12.8. The monoisotopic (exact) mass is 228 g/mol. The van der Waals surface area contributed by atoms with Gasteiger partial charge in [0.15, 0.2) is 0 Å². The first kappa shape index (κ1) is 13.1. The molecule has 1 nitrogen and oxygen atoms in total. The zero-order valence-electron chi connectivity index (χ0n) is 9.93. The average Bonchev–Trinajstić information content (AvgIpc) is 2.16. The van der Waals surface area contributed by atoms with Gasteiger partial charge in [0.2, 0.25) is 5.92 Å². The number of halogens is 2. The van der Waals surface area contributed by atoms with Gasteiger partial charge in [0.05, 0.1) is 6.61 Å². The van der Waals surface area contributed by atoms with Gasteiger partial charge in [-0.3, -0.25) is 0 Å². The van der Waals surface area contributed by atoms with E-state index in [4.69, 9.17) is 0 Å². The maximum Gasteiger partial charge on any atom is 0.249 e. The van der Waals surface area contributed by atoms with Gasteiger partial charge < -0.3 is 5.11 Å². The summed E-state index contributed by atoms with van der Waals surface area (Å²) >= 11 is 0. The van der Waals surface area contributed by atoms with Crippen LogP contribution in [0, 0.1) is 0 Å². The summed E-state index contributed by atoms with van der Waals surface area (Å²) in [5, 5.41) is 9.18. The van der Waals surface area contributed by atoms with E-state index in [2.05, 4.69) is 0 Å². The molecule has 90 valence electrons. The van der Waals surface area contributed by atoms with E-state index in [0.717, 1.165) is 12.5 Å². The Morgan fingerprint density at radius 3 is 1.94 bits per heavy atom. The van der Waals surface area contributed by atoms with Crippen molar-refractivity contribution in [2.75, 3.05) is 6.61 Å². The molecule has 0 aliphatic carbocycles. The van der Waals surface area contributed by atoms with Crippen molar-refractivity contribution >= 4 is 0 Å². The molecule has 0 aliphatic heterocycles. The molecule has 0 aromatic heterocycles. The number of hydrogen-bond donors (Lipinski definition) is 1. The third-order valence-corrected chi connectivity index (χ3v) is 2.65. The summed E-state index contributed by atoms with van der Waals surface area (Å²) in [6.07, 6.45) is -0.243. The second-order valence-corrected chi connectivity index (χ2v) is 4.99. The lowest BCUT2D eigenvalue weighted by molar-refractivity contribution is 0.0226. The number of alkyl halides is 2. The van der Waals surface area contributed by atoms with Crippen LogP contribution in [-0.2, 0) is 11.8 Å². The normalized spacial score (nSPS) is 12.9. The Morgan fingerprint density at radius 1 is 1.06 bits per heavy atom. The Hall–Kier alpha value is -0.960. The van der Waals surface area contributed by atoms with Crippen LogP contribution in [0.25, 0.3) is 0 Å². The van der Waals surface area contributed by atoms with Crippen molar-refractivity contribution in [3.63, 3.8) is 0 Å². The number of aliphatic hydroxyl groups excluding tert-OH is 1. The van der Waals surface area contributed by atoms with Crippen molar-refractivity contribution in [2.24, 2.45) is 0 Å².